The number of para-hydroxylation sites is 1. The van der Waals surface area contributed by atoms with Gasteiger partial charge in [-0.05, 0) is 47.5 Å². The van der Waals surface area contributed by atoms with Crippen molar-refractivity contribution in [3.05, 3.63) is 90.0 Å². The quantitative estimate of drug-likeness (QED) is 0.342. The van der Waals surface area contributed by atoms with E-state index in [9.17, 15) is 4.79 Å². The predicted molar refractivity (Wildman–Crippen MR) is 126 cm³/mol. The van der Waals surface area contributed by atoms with Gasteiger partial charge in [-0.3, -0.25) is 4.79 Å². The van der Waals surface area contributed by atoms with Crippen molar-refractivity contribution in [2.24, 2.45) is 0 Å². The maximum atomic E-state index is 12.2. The van der Waals surface area contributed by atoms with Crippen LogP contribution in [-0.2, 0) is 17.9 Å². The van der Waals surface area contributed by atoms with Crippen LogP contribution >= 0.6 is 11.8 Å². The molecule has 7 nitrogen and oxygen atoms in total. The number of carbonyl (C=O) groups is 1. The number of hydrogen-bond donors (Lipinski definition) is 1. The van der Waals surface area contributed by atoms with E-state index in [2.05, 4.69) is 15.5 Å². The number of nitrogens with one attached hydrogen (secondary N) is 1. The van der Waals surface area contributed by atoms with Crippen molar-refractivity contribution >= 4 is 17.7 Å². The summed E-state index contributed by atoms with van der Waals surface area (Å²) in [6, 6.07) is 25.0. The van der Waals surface area contributed by atoms with E-state index in [1.165, 1.54) is 11.8 Å². The number of methoxy groups -OCH3 is 1. The smallest absolute Gasteiger partial charge is 0.277 e. The molecule has 0 atom stereocenters. The molecule has 0 fully saturated rings. The topological polar surface area (TPSA) is 86.5 Å². The summed E-state index contributed by atoms with van der Waals surface area (Å²) < 4.78 is 16.5. The average Bonchev–Trinajstić information content (AvgIpc) is 3.35. The maximum Gasteiger partial charge on any atom is 0.277 e. The first-order chi connectivity index (χ1) is 16.2. The van der Waals surface area contributed by atoms with E-state index in [4.69, 9.17) is 13.9 Å². The van der Waals surface area contributed by atoms with E-state index in [-0.39, 0.29) is 11.7 Å². The molecule has 168 valence electrons. The Hall–Kier alpha value is -3.78. The van der Waals surface area contributed by atoms with Gasteiger partial charge in [0.15, 0.2) is 0 Å². The predicted octanol–water partition coefficient (Wildman–Crippen LogP) is 4.73. The van der Waals surface area contributed by atoms with Crippen molar-refractivity contribution in [3.8, 4) is 23.0 Å². The number of nitrogens with zero attached hydrogens (tertiary/aromatic N) is 2. The zero-order valence-corrected chi connectivity index (χ0v) is 18.9. The number of amides is 1. The van der Waals surface area contributed by atoms with Crippen molar-refractivity contribution < 1.29 is 18.7 Å². The second-order valence-corrected chi connectivity index (χ2v) is 8.01. The molecular weight excluding hydrogens is 438 g/mol. The molecule has 0 radical (unpaired) electrons. The molecule has 0 aliphatic rings. The fraction of sp³-hybridized carbons (Fsp3) is 0.160. The van der Waals surface area contributed by atoms with Crippen molar-refractivity contribution in [2.45, 2.75) is 18.4 Å². The van der Waals surface area contributed by atoms with Crippen LogP contribution in [0.25, 0.3) is 11.5 Å². The summed E-state index contributed by atoms with van der Waals surface area (Å²) in [7, 11) is 1.61. The Morgan fingerprint density at radius 1 is 0.909 bits per heavy atom. The van der Waals surface area contributed by atoms with Crippen LogP contribution in [-0.4, -0.2) is 29.0 Å². The van der Waals surface area contributed by atoms with Gasteiger partial charge in [-0.25, -0.2) is 0 Å². The second-order valence-electron chi connectivity index (χ2n) is 7.09. The highest BCUT2D eigenvalue weighted by Gasteiger charge is 2.11. The average molecular weight is 462 g/mol. The van der Waals surface area contributed by atoms with Crippen molar-refractivity contribution in [1.29, 1.82) is 0 Å². The van der Waals surface area contributed by atoms with Gasteiger partial charge in [-0.1, -0.05) is 54.2 Å². The summed E-state index contributed by atoms with van der Waals surface area (Å²) in [5, 5.41) is 11.3. The molecule has 0 saturated carbocycles. The molecule has 1 aromatic heterocycles. The number of carbonyl (C=O) groups excluding carboxylic acids is 1. The molecule has 0 aliphatic heterocycles. The molecule has 0 saturated heterocycles. The van der Waals surface area contributed by atoms with Gasteiger partial charge in [0, 0.05) is 12.1 Å². The maximum absolute atomic E-state index is 12.2. The zero-order valence-electron chi connectivity index (χ0n) is 18.1. The van der Waals surface area contributed by atoms with Gasteiger partial charge in [0.1, 0.15) is 18.1 Å². The lowest BCUT2D eigenvalue weighted by Gasteiger charge is -2.08. The Bertz CT molecular complexity index is 1160. The van der Waals surface area contributed by atoms with E-state index in [0.29, 0.717) is 24.3 Å². The first kappa shape index (κ1) is 22.4. The van der Waals surface area contributed by atoms with Crippen LogP contribution in [0.2, 0.25) is 0 Å². The van der Waals surface area contributed by atoms with E-state index in [1.807, 2.05) is 78.9 Å². The molecule has 4 aromatic rings. The fourth-order valence-corrected chi connectivity index (χ4v) is 3.53. The van der Waals surface area contributed by atoms with Gasteiger partial charge < -0.3 is 19.2 Å². The molecular formula is C25H23N3O4S. The van der Waals surface area contributed by atoms with E-state index in [0.717, 1.165) is 28.2 Å². The largest absolute Gasteiger partial charge is 0.497 e. The van der Waals surface area contributed by atoms with E-state index in [1.54, 1.807) is 7.11 Å². The molecule has 1 amide bonds. The minimum absolute atomic E-state index is 0.110. The van der Waals surface area contributed by atoms with Gasteiger partial charge in [0.25, 0.3) is 5.22 Å². The third-order valence-corrected chi connectivity index (χ3v) is 5.55. The first-order valence-electron chi connectivity index (χ1n) is 10.3. The van der Waals surface area contributed by atoms with Crippen LogP contribution in [0.3, 0.4) is 0 Å². The molecule has 33 heavy (non-hydrogen) atoms. The van der Waals surface area contributed by atoms with Gasteiger partial charge >= 0.3 is 0 Å². The molecule has 4 rings (SSSR count). The molecule has 1 N–H and O–H groups in total. The summed E-state index contributed by atoms with van der Waals surface area (Å²) in [6.45, 7) is 0.941. The third-order valence-electron chi connectivity index (χ3n) is 4.73. The van der Waals surface area contributed by atoms with Crippen LogP contribution in [0.1, 0.15) is 11.1 Å². The number of rotatable bonds is 10. The van der Waals surface area contributed by atoms with Gasteiger partial charge in [0.05, 0.1) is 12.9 Å². The standard InChI is InChI=1S/C25H23N3O4S/c1-30-21-13-11-20(12-14-21)24-27-28-25(32-24)33-17-23(29)26-15-18-7-9-19(10-8-18)16-31-22-5-3-2-4-6-22/h2-14H,15-17H2,1H3,(H,26,29). The van der Waals surface area contributed by atoms with Crippen LogP contribution in [0.4, 0.5) is 0 Å². The van der Waals surface area contributed by atoms with Crippen LogP contribution < -0.4 is 14.8 Å². The highest BCUT2D eigenvalue weighted by molar-refractivity contribution is 7.99. The second kappa shape index (κ2) is 11.2. The van der Waals surface area contributed by atoms with Gasteiger partial charge in [-0.15, -0.1) is 10.2 Å². The SMILES string of the molecule is COc1ccc(-c2nnc(SCC(=O)NCc3ccc(COc4ccccc4)cc3)o2)cc1. The Morgan fingerprint density at radius 2 is 1.64 bits per heavy atom. The Balaban J connectivity index is 1.20. The molecule has 0 spiro atoms. The molecule has 8 heteroatoms. The minimum Gasteiger partial charge on any atom is -0.497 e. The van der Waals surface area contributed by atoms with Crippen LogP contribution in [0, 0.1) is 0 Å². The third kappa shape index (κ3) is 6.60. The lowest BCUT2D eigenvalue weighted by atomic mass is 10.1. The highest BCUT2D eigenvalue weighted by atomic mass is 32.2. The molecule has 0 unspecified atom stereocenters. The van der Waals surface area contributed by atoms with Crippen molar-refractivity contribution in [1.82, 2.24) is 15.5 Å². The Morgan fingerprint density at radius 3 is 2.36 bits per heavy atom. The van der Waals surface area contributed by atoms with Crippen LogP contribution in [0.5, 0.6) is 11.5 Å². The lowest BCUT2D eigenvalue weighted by molar-refractivity contribution is -0.118. The number of ether oxygens (including phenoxy) is 2. The van der Waals surface area contributed by atoms with Gasteiger partial charge in [-0.2, -0.15) is 0 Å². The van der Waals surface area contributed by atoms with E-state index >= 15 is 0 Å². The number of benzene rings is 3. The molecule has 3 aromatic carbocycles. The van der Waals surface area contributed by atoms with Crippen molar-refractivity contribution in [3.63, 3.8) is 0 Å². The zero-order chi connectivity index (χ0) is 22.9. The fourth-order valence-electron chi connectivity index (χ4n) is 2.93. The number of hydrogen-bond acceptors (Lipinski definition) is 7. The monoisotopic (exact) mass is 461 g/mol. The Labute approximate surface area is 196 Å². The molecule has 0 bridgehead atoms. The number of thioether (sulfide) groups is 1. The molecule has 1 heterocycles. The summed E-state index contributed by atoms with van der Waals surface area (Å²) in [5.74, 6) is 2.06. The van der Waals surface area contributed by atoms with Crippen molar-refractivity contribution in [2.75, 3.05) is 12.9 Å². The summed E-state index contributed by atoms with van der Waals surface area (Å²) in [4.78, 5) is 12.2. The summed E-state index contributed by atoms with van der Waals surface area (Å²) >= 11 is 1.20. The Kier molecular flexibility index (Phi) is 7.60. The normalized spacial score (nSPS) is 10.6. The van der Waals surface area contributed by atoms with E-state index < -0.39 is 0 Å². The lowest BCUT2D eigenvalue weighted by Crippen LogP contribution is -2.24. The van der Waals surface area contributed by atoms with Gasteiger partial charge in [0.2, 0.25) is 11.8 Å². The summed E-state index contributed by atoms with van der Waals surface area (Å²) in [5.41, 5.74) is 2.86. The van der Waals surface area contributed by atoms with Crippen LogP contribution in [0.15, 0.2) is 88.5 Å². The first-order valence-corrected chi connectivity index (χ1v) is 11.3. The number of aromatic nitrogens is 2. The summed E-state index contributed by atoms with van der Waals surface area (Å²) in [6.07, 6.45) is 0. The molecule has 0 aliphatic carbocycles. The minimum atomic E-state index is -0.110. The highest BCUT2D eigenvalue weighted by Crippen LogP contribution is 2.24.